The molecule has 0 aliphatic carbocycles. The summed E-state index contributed by atoms with van der Waals surface area (Å²) in [5.74, 6) is -0.215. The Hall–Kier alpha value is -2.12. The zero-order chi connectivity index (χ0) is 13.8. The summed E-state index contributed by atoms with van der Waals surface area (Å²) in [5.41, 5.74) is 2.44. The standard InChI is InChI=1S/C15H11BrN2O/c1-10-8-12(16)6-7-13(10)15(19)18-14-5-3-2-4-11(14)9-17/h2-8H,1H3,(H,18,19). The maximum absolute atomic E-state index is 12.2. The molecule has 94 valence electrons. The minimum absolute atomic E-state index is 0.215. The van der Waals surface area contributed by atoms with E-state index in [1.54, 1.807) is 30.3 Å². The fraction of sp³-hybridized carbons (Fsp3) is 0.0667. The Labute approximate surface area is 120 Å². The van der Waals surface area contributed by atoms with Crippen LogP contribution < -0.4 is 5.32 Å². The number of para-hydroxylation sites is 1. The second-order valence-corrected chi connectivity index (χ2v) is 4.99. The molecule has 4 heteroatoms. The van der Waals surface area contributed by atoms with E-state index < -0.39 is 0 Å². The van der Waals surface area contributed by atoms with Crippen LogP contribution in [0, 0.1) is 18.3 Å². The second kappa shape index (κ2) is 5.68. The summed E-state index contributed by atoms with van der Waals surface area (Å²) in [7, 11) is 0. The van der Waals surface area contributed by atoms with Crippen LogP contribution in [-0.4, -0.2) is 5.91 Å². The number of halogens is 1. The minimum atomic E-state index is -0.215. The highest BCUT2D eigenvalue weighted by molar-refractivity contribution is 9.10. The molecule has 0 saturated heterocycles. The van der Waals surface area contributed by atoms with Crippen LogP contribution in [0.15, 0.2) is 46.9 Å². The average molecular weight is 315 g/mol. The monoisotopic (exact) mass is 314 g/mol. The lowest BCUT2D eigenvalue weighted by Gasteiger charge is -2.09. The predicted molar refractivity (Wildman–Crippen MR) is 78.0 cm³/mol. The molecule has 1 amide bonds. The molecular formula is C15H11BrN2O. The van der Waals surface area contributed by atoms with Gasteiger partial charge in [-0.2, -0.15) is 5.26 Å². The summed E-state index contributed by atoms with van der Waals surface area (Å²) in [6.07, 6.45) is 0. The quantitative estimate of drug-likeness (QED) is 0.914. The van der Waals surface area contributed by atoms with Crippen LogP contribution in [0.5, 0.6) is 0 Å². The summed E-state index contributed by atoms with van der Waals surface area (Å²) in [5, 5.41) is 11.7. The van der Waals surface area contributed by atoms with Gasteiger partial charge in [0.1, 0.15) is 6.07 Å². The number of carbonyl (C=O) groups is 1. The first-order valence-corrected chi connectivity index (χ1v) is 6.48. The molecule has 0 aliphatic rings. The number of nitrogens with one attached hydrogen (secondary N) is 1. The fourth-order valence-corrected chi connectivity index (χ4v) is 2.24. The van der Waals surface area contributed by atoms with Crippen molar-refractivity contribution in [1.82, 2.24) is 0 Å². The van der Waals surface area contributed by atoms with Crippen molar-refractivity contribution in [2.45, 2.75) is 6.92 Å². The third-order valence-corrected chi connectivity index (χ3v) is 3.22. The first-order valence-electron chi connectivity index (χ1n) is 5.68. The lowest BCUT2D eigenvalue weighted by atomic mass is 10.1. The van der Waals surface area contributed by atoms with Crippen LogP contribution in [0.4, 0.5) is 5.69 Å². The molecule has 0 spiro atoms. The Balaban J connectivity index is 2.29. The van der Waals surface area contributed by atoms with Crippen molar-refractivity contribution >= 4 is 27.5 Å². The SMILES string of the molecule is Cc1cc(Br)ccc1C(=O)Nc1ccccc1C#N. The largest absolute Gasteiger partial charge is 0.321 e. The third kappa shape index (κ3) is 3.01. The molecule has 2 aromatic rings. The normalized spacial score (nSPS) is 9.74. The third-order valence-electron chi connectivity index (χ3n) is 2.73. The molecule has 0 saturated carbocycles. The number of nitriles is 1. The van der Waals surface area contributed by atoms with Gasteiger partial charge in [0, 0.05) is 10.0 Å². The fourth-order valence-electron chi connectivity index (χ4n) is 1.76. The van der Waals surface area contributed by atoms with Gasteiger partial charge in [-0.3, -0.25) is 4.79 Å². The maximum Gasteiger partial charge on any atom is 0.255 e. The number of anilines is 1. The molecule has 0 unspecified atom stereocenters. The predicted octanol–water partition coefficient (Wildman–Crippen LogP) is 3.88. The van der Waals surface area contributed by atoms with Gasteiger partial charge in [0.2, 0.25) is 0 Å². The highest BCUT2D eigenvalue weighted by atomic mass is 79.9. The van der Waals surface area contributed by atoms with Gasteiger partial charge in [-0.05, 0) is 42.8 Å². The molecule has 0 aliphatic heterocycles. The summed E-state index contributed by atoms with van der Waals surface area (Å²) in [6.45, 7) is 1.87. The molecule has 0 heterocycles. The van der Waals surface area contributed by atoms with Crippen LogP contribution in [0.25, 0.3) is 0 Å². The van der Waals surface area contributed by atoms with Crippen molar-refractivity contribution in [3.63, 3.8) is 0 Å². The van der Waals surface area contributed by atoms with Gasteiger partial charge >= 0.3 is 0 Å². The number of hydrogen-bond donors (Lipinski definition) is 1. The Morgan fingerprint density at radius 1 is 1.26 bits per heavy atom. The molecule has 3 nitrogen and oxygen atoms in total. The van der Waals surface area contributed by atoms with E-state index in [1.165, 1.54) is 0 Å². The summed E-state index contributed by atoms with van der Waals surface area (Å²) in [6, 6.07) is 14.4. The van der Waals surface area contributed by atoms with E-state index in [2.05, 4.69) is 27.3 Å². The van der Waals surface area contributed by atoms with Crippen LogP contribution >= 0.6 is 15.9 Å². The molecule has 0 aromatic heterocycles. The zero-order valence-electron chi connectivity index (χ0n) is 10.3. The van der Waals surface area contributed by atoms with Crippen LogP contribution in [0.3, 0.4) is 0 Å². The van der Waals surface area contributed by atoms with Crippen molar-refractivity contribution in [2.24, 2.45) is 0 Å². The molecule has 2 rings (SSSR count). The van der Waals surface area contributed by atoms with Crippen LogP contribution in [0.1, 0.15) is 21.5 Å². The van der Waals surface area contributed by atoms with Gasteiger partial charge < -0.3 is 5.32 Å². The number of rotatable bonds is 2. The smallest absolute Gasteiger partial charge is 0.255 e. The Morgan fingerprint density at radius 2 is 2.00 bits per heavy atom. The topological polar surface area (TPSA) is 52.9 Å². The minimum Gasteiger partial charge on any atom is -0.321 e. The first kappa shape index (κ1) is 13.3. The average Bonchev–Trinajstić information content (AvgIpc) is 2.39. The van der Waals surface area contributed by atoms with E-state index in [1.807, 2.05) is 19.1 Å². The molecule has 0 radical (unpaired) electrons. The van der Waals surface area contributed by atoms with Crippen molar-refractivity contribution in [1.29, 1.82) is 5.26 Å². The van der Waals surface area contributed by atoms with Crippen LogP contribution in [0.2, 0.25) is 0 Å². The van der Waals surface area contributed by atoms with E-state index in [0.717, 1.165) is 10.0 Å². The zero-order valence-corrected chi connectivity index (χ0v) is 11.9. The van der Waals surface area contributed by atoms with Gasteiger partial charge in [0.25, 0.3) is 5.91 Å². The van der Waals surface area contributed by atoms with Gasteiger partial charge in [-0.1, -0.05) is 28.1 Å². The molecule has 19 heavy (non-hydrogen) atoms. The van der Waals surface area contributed by atoms with E-state index in [9.17, 15) is 4.79 Å². The van der Waals surface area contributed by atoms with E-state index in [0.29, 0.717) is 16.8 Å². The maximum atomic E-state index is 12.2. The molecule has 0 fully saturated rings. The number of benzene rings is 2. The van der Waals surface area contributed by atoms with Gasteiger partial charge in [0.15, 0.2) is 0 Å². The molecule has 0 bridgehead atoms. The van der Waals surface area contributed by atoms with Crippen molar-refractivity contribution < 1.29 is 4.79 Å². The number of carbonyl (C=O) groups excluding carboxylic acids is 1. The second-order valence-electron chi connectivity index (χ2n) is 4.07. The van der Waals surface area contributed by atoms with E-state index in [-0.39, 0.29) is 5.91 Å². The van der Waals surface area contributed by atoms with E-state index >= 15 is 0 Å². The summed E-state index contributed by atoms with van der Waals surface area (Å²) in [4.78, 5) is 12.2. The number of aryl methyl sites for hydroxylation is 1. The van der Waals surface area contributed by atoms with Gasteiger partial charge in [0.05, 0.1) is 11.3 Å². The number of amides is 1. The van der Waals surface area contributed by atoms with E-state index in [4.69, 9.17) is 5.26 Å². The molecule has 2 aromatic carbocycles. The first-order chi connectivity index (χ1) is 9.11. The Bertz CT molecular complexity index is 674. The highest BCUT2D eigenvalue weighted by Crippen LogP contribution is 2.19. The lowest BCUT2D eigenvalue weighted by Crippen LogP contribution is -2.14. The van der Waals surface area contributed by atoms with Gasteiger partial charge in [-0.25, -0.2) is 0 Å². The van der Waals surface area contributed by atoms with Crippen LogP contribution in [-0.2, 0) is 0 Å². The summed E-state index contributed by atoms with van der Waals surface area (Å²) >= 11 is 3.36. The molecule has 1 N–H and O–H groups in total. The van der Waals surface area contributed by atoms with Crippen molar-refractivity contribution in [2.75, 3.05) is 5.32 Å². The number of nitrogens with zero attached hydrogens (tertiary/aromatic N) is 1. The van der Waals surface area contributed by atoms with Crippen molar-refractivity contribution in [3.05, 3.63) is 63.6 Å². The Kier molecular flexibility index (Phi) is 3.98. The number of hydrogen-bond acceptors (Lipinski definition) is 2. The Morgan fingerprint density at radius 3 is 2.68 bits per heavy atom. The molecule has 0 atom stereocenters. The van der Waals surface area contributed by atoms with Gasteiger partial charge in [-0.15, -0.1) is 0 Å². The highest BCUT2D eigenvalue weighted by Gasteiger charge is 2.11. The molecular weight excluding hydrogens is 304 g/mol. The van der Waals surface area contributed by atoms with Crippen molar-refractivity contribution in [3.8, 4) is 6.07 Å². The lowest BCUT2D eigenvalue weighted by molar-refractivity contribution is 0.102. The summed E-state index contributed by atoms with van der Waals surface area (Å²) < 4.78 is 0.930.